The summed E-state index contributed by atoms with van der Waals surface area (Å²) >= 11 is 0. The molecule has 0 aliphatic heterocycles. The molecule has 2 aromatic heterocycles. The van der Waals surface area contributed by atoms with Crippen molar-refractivity contribution in [2.45, 2.75) is 13.5 Å². The van der Waals surface area contributed by atoms with Gasteiger partial charge in [0.05, 0.1) is 13.3 Å². The number of nitrogens with one attached hydrogen (secondary N) is 1. The van der Waals surface area contributed by atoms with Crippen LogP contribution in [-0.2, 0) is 11.3 Å². The van der Waals surface area contributed by atoms with E-state index in [0.717, 1.165) is 0 Å². The number of methoxy groups -OCH3 is 1. The maximum atomic E-state index is 11.5. The minimum absolute atomic E-state index is 0.259. The van der Waals surface area contributed by atoms with Gasteiger partial charge >= 0.3 is 5.97 Å². The van der Waals surface area contributed by atoms with Crippen molar-refractivity contribution in [2.24, 2.45) is 0 Å². The summed E-state index contributed by atoms with van der Waals surface area (Å²) in [5.74, 6) is -0.757. The van der Waals surface area contributed by atoms with Crippen LogP contribution in [0.4, 0.5) is 0 Å². The van der Waals surface area contributed by atoms with Gasteiger partial charge < -0.3 is 9.72 Å². The summed E-state index contributed by atoms with van der Waals surface area (Å²) in [5.41, 5.74) is 0.127. The first kappa shape index (κ1) is 10.3. The maximum absolute atomic E-state index is 11.5. The highest BCUT2D eigenvalue weighted by atomic mass is 16.5. The lowest BCUT2D eigenvalue weighted by Crippen LogP contribution is -2.21. The van der Waals surface area contributed by atoms with Crippen LogP contribution in [0.3, 0.4) is 0 Å². The van der Waals surface area contributed by atoms with Crippen LogP contribution >= 0.6 is 0 Å². The van der Waals surface area contributed by atoms with Crippen molar-refractivity contribution in [3.63, 3.8) is 0 Å². The van der Waals surface area contributed by atoms with E-state index in [9.17, 15) is 9.59 Å². The van der Waals surface area contributed by atoms with E-state index in [4.69, 9.17) is 0 Å². The van der Waals surface area contributed by atoms with E-state index in [1.165, 1.54) is 13.3 Å². The number of aryl methyl sites for hydroxylation is 1. The molecule has 16 heavy (non-hydrogen) atoms. The van der Waals surface area contributed by atoms with Crippen LogP contribution in [0.15, 0.2) is 11.0 Å². The van der Waals surface area contributed by atoms with Crippen molar-refractivity contribution in [1.82, 2.24) is 19.7 Å². The van der Waals surface area contributed by atoms with Gasteiger partial charge in [-0.15, -0.1) is 0 Å². The Hall–Kier alpha value is -2.18. The van der Waals surface area contributed by atoms with Gasteiger partial charge in [0.15, 0.2) is 5.65 Å². The Kier molecular flexibility index (Phi) is 2.43. The van der Waals surface area contributed by atoms with E-state index >= 15 is 0 Å². The molecule has 2 aromatic rings. The molecule has 0 aliphatic carbocycles. The number of aromatic nitrogens is 4. The number of hydrogen-bond donors (Lipinski definition) is 1. The SMILES string of the molecule is CCn1ncc2nc(C(=O)OC)c(=O)[nH]c21. The molecule has 0 amide bonds. The molecule has 84 valence electrons. The van der Waals surface area contributed by atoms with Crippen LogP contribution in [0.2, 0.25) is 0 Å². The minimum Gasteiger partial charge on any atom is -0.464 e. The first-order valence-electron chi connectivity index (χ1n) is 4.71. The molecular weight excluding hydrogens is 212 g/mol. The average molecular weight is 222 g/mol. The van der Waals surface area contributed by atoms with Gasteiger partial charge in [-0.25, -0.2) is 14.5 Å². The normalized spacial score (nSPS) is 10.6. The summed E-state index contributed by atoms with van der Waals surface area (Å²) in [7, 11) is 1.20. The predicted molar refractivity (Wildman–Crippen MR) is 55.2 cm³/mol. The van der Waals surface area contributed by atoms with Crippen LogP contribution in [0, 0.1) is 0 Å². The lowest BCUT2D eigenvalue weighted by molar-refractivity contribution is 0.0592. The van der Waals surface area contributed by atoms with Crippen LogP contribution < -0.4 is 5.56 Å². The Bertz CT molecular complexity index is 598. The molecule has 0 fully saturated rings. The number of aromatic amines is 1. The fourth-order valence-corrected chi connectivity index (χ4v) is 1.40. The molecular formula is C9H10N4O3. The number of H-pyrrole nitrogens is 1. The van der Waals surface area contributed by atoms with Crippen LogP contribution in [0.1, 0.15) is 17.4 Å². The number of carbonyl (C=O) groups is 1. The fraction of sp³-hybridized carbons (Fsp3) is 0.333. The molecule has 0 unspecified atom stereocenters. The Balaban J connectivity index is 2.69. The molecule has 0 spiro atoms. The second kappa shape index (κ2) is 3.76. The van der Waals surface area contributed by atoms with Crippen LogP contribution in [0.25, 0.3) is 11.2 Å². The molecule has 1 N–H and O–H groups in total. The quantitative estimate of drug-likeness (QED) is 0.718. The third-order valence-corrected chi connectivity index (χ3v) is 2.18. The zero-order chi connectivity index (χ0) is 11.7. The van der Waals surface area contributed by atoms with Crippen molar-refractivity contribution in [2.75, 3.05) is 7.11 Å². The Morgan fingerprint density at radius 2 is 2.38 bits per heavy atom. The summed E-state index contributed by atoms with van der Waals surface area (Å²) in [6.07, 6.45) is 1.49. The smallest absolute Gasteiger partial charge is 0.362 e. The lowest BCUT2D eigenvalue weighted by atomic mass is 10.4. The molecule has 0 radical (unpaired) electrons. The van der Waals surface area contributed by atoms with Gasteiger partial charge in [0.1, 0.15) is 5.52 Å². The summed E-state index contributed by atoms with van der Waals surface area (Å²) in [6, 6.07) is 0. The highest BCUT2D eigenvalue weighted by molar-refractivity contribution is 5.88. The van der Waals surface area contributed by atoms with E-state index in [2.05, 4.69) is 19.8 Å². The van der Waals surface area contributed by atoms with Gasteiger partial charge in [-0.05, 0) is 6.92 Å². The maximum Gasteiger partial charge on any atom is 0.362 e. The third-order valence-electron chi connectivity index (χ3n) is 2.18. The molecule has 0 bridgehead atoms. The summed E-state index contributed by atoms with van der Waals surface area (Å²) < 4.78 is 6.04. The van der Waals surface area contributed by atoms with Gasteiger partial charge in [0.25, 0.3) is 5.56 Å². The minimum atomic E-state index is -0.757. The average Bonchev–Trinajstić information content (AvgIpc) is 2.69. The third kappa shape index (κ3) is 1.46. The number of ether oxygens (including phenoxy) is 1. The number of rotatable bonds is 2. The first-order chi connectivity index (χ1) is 7.67. The van der Waals surface area contributed by atoms with Gasteiger partial charge in [-0.2, -0.15) is 5.10 Å². The number of nitrogens with zero attached hydrogens (tertiary/aromatic N) is 3. The van der Waals surface area contributed by atoms with E-state index in [1.54, 1.807) is 4.68 Å². The number of fused-ring (bicyclic) bond motifs is 1. The molecule has 0 aromatic carbocycles. The van der Waals surface area contributed by atoms with Gasteiger partial charge in [-0.3, -0.25) is 4.79 Å². The lowest BCUT2D eigenvalue weighted by Gasteiger charge is -1.99. The monoisotopic (exact) mass is 222 g/mol. The highest BCUT2D eigenvalue weighted by Gasteiger charge is 2.15. The van der Waals surface area contributed by atoms with Gasteiger partial charge in [0.2, 0.25) is 5.69 Å². The molecule has 0 aliphatic rings. The number of carbonyl (C=O) groups excluding carboxylic acids is 1. The van der Waals surface area contributed by atoms with E-state index in [1.807, 2.05) is 6.92 Å². The second-order valence-electron chi connectivity index (χ2n) is 3.10. The Morgan fingerprint density at radius 1 is 1.62 bits per heavy atom. The van der Waals surface area contributed by atoms with E-state index in [-0.39, 0.29) is 5.69 Å². The summed E-state index contributed by atoms with van der Waals surface area (Å²) in [6.45, 7) is 2.50. The van der Waals surface area contributed by atoms with Crippen molar-refractivity contribution in [1.29, 1.82) is 0 Å². The predicted octanol–water partition coefficient (Wildman–Crippen LogP) is -0.0739. The highest BCUT2D eigenvalue weighted by Crippen LogP contribution is 2.06. The summed E-state index contributed by atoms with van der Waals surface area (Å²) in [4.78, 5) is 29.2. The number of hydrogen-bond acceptors (Lipinski definition) is 5. The van der Waals surface area contributed by atoms with Crippen molar-refractivity contribution < 1.29 is 9.53 Å². The van der Waals surface area contributed by atoms with E-state index in [0.29, 0.717) is 17.7 Å². The number of esters is 1. The fourth-order valence-electron chi connectivity index (χ4n) is 1.40. The molecule has 0 atom stereocenters. The standard InChI is InChI=1S/C9H10N4O3/c1-3-13-7-5(4-10-13)11-6(8(14)12-7)9(15)16-2/h4H,3H2,1-2H3,(H,12,14). The Morgan fingerprint density at radius 3 is 3.00 bits per heavy atom. The zero-order valence-corrected chi connectivity index (χ0v) is 8.85. The topological polar surface area (TPSA) is 89.9 Å². The molecule has 0 saturated heterocycles. The van der Waals surface area contributed by atoms with Gasteiger partial charge in [-0.1, -0.05) is 0 Å². The molecule has 7 nitrogen and oxygen atoms in total. The first-order valence-corrected chi connectivity index (χ1v) is 4.71. The molecule has 0 saturated carbocycles. The second-order valence-corrected chi connectivity index (χ2v) is 3.10. The molecule has 7 heteroatoms. The molecule has 2 heterocycles. The van der Waals surface area contributed by atoms with Crippen molar-refractivity contribution >= 4 is 17.1 Å². The van der Waals surface area contributed by atoms with Crippen molar-refractivity contribution in [3.8, 4) is 0 Å². The van der Waals surface area contributed by atoms with E-state index < -0.39 is 11.5 Å². The van der Waals surface area contributed by atoms with Gasteiger partial charge in [0, 0.05) is 6.54 Å². The van der Waals surface area contributed by atoms with Crippen LogP contribution in [0.5, 0.6) is 0 Å². The summed E-state index contributed by atoms with van der Waals surface area (Å²) in [5, 5.41) is 4.01. The largest absolute Gasteiger partial charge is 0.464 e. The Labute approximate surface area is 90.1 Å². The molecule has 2 rings (SSSR count). The zero-order valence-electron chi connectivity index (χ0n) is 8.85. The van der Waals surface area contributed by atoms with Crippen LogP contribution in [-0.4, -0.2) is 32.8 Å². The van der Waals surface area contributed by atoms with Crippen molar-refractivity contribution in [3.05, 3.63) is 22.2 Å².